The summed E-state index contributed by atoms with van der Waals surface area (Å²) in [7, 11) is 0. The molecule has 0 amide bonds. The van der Waals surface area contributed by atoms with Crippen LogP contribution < -0.4 is 10.3 Å². The average Bonchev–Trinajstić information content (AvgIpc) is 2.85. The number of fused-ring (bicyclic) bond motifs is 1. The second-order valence-electron chi connectivity index (χ2n) is 6.40. The molecule has 4 nitrogen and oxygen atoms in total. The van der Waals surface area contributed by atoms with Crippen LogP contribution in [0.5, 0.6) is 5.75 Å². The van der Waals surface area contributed by atoms with Crippen LogP contribution in [0.1, 0.15) is 34.7 Å². The van der Waals surface area contributed by atoms with Gasteiger partial charge in [0.25, 0.3) is 5.56 Å². The van der Waals surface area contributed by atoms with Gasteiger partial charge in [-0.2, -0.15) is 0 Å². The van der Waals surface area contributed by atoms with Crippen molar-refractivity contribution >= 4 is 21.6 Å². The first-order valence-corrected chi connectivity index (χ1v) is 9.46. The highest BCUT2D eigenvalue weighted by molar-refractivity contribution is 7.18. The van der Waals surface area contributed by atoms with Crippen molar-refractivity contribution in [3.63, 3.8) is 0 Å². The van der Waals surface area contributed by atoms with Crippen LogP contribution in [0.25, 0.3) is 10.2 Å². The van der Waals surface area contributed by atoms with Gasteiger partial charge in [0, 0.05) is 11.4 Å². The van der Waals surface area contributed by atoms with E-state index in [2.05, 4.69) is 4.98 Å². The van der Waals surface area contributed by atoms with Crippen LogP contribution >= 0.6 is 11.3 Å². The van der Waals surface area contributed by atoms with E-state index in [1.807, 2.05) is 52.0 Å². The number of thiophene rings is 1. The van der Waals surface area contributed by atoms with Crippen LogP contribution in [-0.4, -0.2) is 16.2 Å². The summed E-state index contributed by atoms with van der Waals surface area (Å²) in [6.07, 6.45) is 1.79. The Morgan fingerprint density at radius 2 is 1.88 bits per heavy atom. The number of rotatable bonds is 6. The minimum Gasteiger partial charge on any atom is -0.493 e. The van der Waals surface area contributed by atoms with Gasteiger partial charge in [-0.3, -0.25) is 9.36 Å². The fraction of sp³-hybridized carbons (Fsp3) is 0.400. The van der Waals surface area contributed by atoms with E-state index in [1.54, 1.807) is 15.9 Å². The molecule has 132 valence electrons. The Balaban J connectivity index is 1.64. The van der Waals surface area contributed by atoms with Crippen LogP contribution in [0.4, 0.5) is 0 Å². The van der Waals surface area contributed by atoms with Gasteiger partial charge in [0.05, 0.1) is 12.0 Å². The van der Waals surface area contributed by atoms with E-state index in [1.165, 1.54) is 4.88 Å². The molecule has 0 radical (unpaired) electrons. The largest absolute Gasteiger partial charge is 0.493 e. The molecule has 3 aromatic rings. The Bertz CT molecular complexity index is 956. The zero-order valence-electron chi connectivity index (χ0n) is 15.3. The van der Waals surface area contributed by atoms with Gasteiger partial charge in [-0.05, 0) is 57.7 Å². The maximum Gasteiger partial charge on any atom is 0.262 e. The molecule has 0 saturated heterocycles. The highest BCUT2D eigenvalue weighted by atomic mass is 32.1. The van der Waals surface area contributed by atoms with E-state index >= 15 is 0 Å². The van der Waals surface area contributed by atoms with Crippen LogP contribution in [-0.2, 0) is 6.54 Å². The Morgan fingerprint density at radius 3 is 2.64 bits per heavy atom. The van der Waals surface area contributed by atoms with Crippen molar-refractivity contribution < 1.29 is 4.74 Å². The molecule has 25 heavy (non-hydrogen) atoms. The van der Waals surface area contributed by atoms with Gasteiger partial charge in [0.2, 0.25) is 0 Å². The summed E-state index contributed by atoms with van der Waals surface area (Å²) in [5.74, 6) is 1.72. The lowest BCUT2D eigenvalue weighted by molar-refractivity contribution is 0.300. The monoisotopic (exact) mass is 356 g/mol. The Kier molecular flexibility index (Phi) is 5.23. The first-order chi connectivity index (χ1) is 12.0. The zero-order valence-corrected chi connectivity index (χ0v) is 16.1. The Hall–Kier alpha value is -2.14. The van der Waals surface area contributed by atoms with Crippen LogP contribution in [0.15, 0.2) is 29.1 Å². The van der Waals surface area contributed by atoms with Crippen molar-refractivity contribution in [2.45, 2.75) is 47.1 Å². The maximum absolute atomic E-state index is 12.8. The summed E-state index contributed by atoms with van der Waals surface area (Å²) in [4.78, 5) is 19.5. The van der Waals surface area contributed by atoms with Crippen LogP contribution in [0.3, 0.4) is 0 Å². The van der Waals surface area contributed by atoms with Gasteiger partial charge in [0.15, 0.2) is 0 Å². The fourth-order valence-electron chi connectivity index (χ4n) is 2.96. The van der Waals surface area contributed by atoms with E-state index in [0.717, 1.165) is 45.8 Å². The SMILES string of the molecule is Cc1ccccc1OCCCCn1c(C)nc2sc(C)c(C)c2c1=O. The molecule has 1 aromatic carbocycles. The molecule has 0 unspecified atom stereocenters. The quantitative estimate of drug-likeness (QED) is 0.609. The molecule has 3 rings (SSSR count). The molecule has 0 fully saturated rings. The highest BCUT2D eigenvalue weighted by Gasteiger charge is 2.14. The van der Waals surface area contributed by atoms with Crippen molar-refractivity contribution in [1.29, 1.82) is 0 Å². The molecule has 2 heterocycles. The molecule has 0 aliphatic rings. The first-order valence-electron chi connectivity index (χ1n) is 8.64. The van der Waals surface area contributed by atoms with Crippen molar-refractivity contribution in [3.8, 4) is 5.75 Å². The third kappa shape index (κ3) is 3.61. The van der Waals surface area contributed by atoms with E-state index in [-0.39, 0.29) is 5.56 Å². The lowest BCUT2D eigenvalue weighted by Gasteiger charge is -2.11. The smallest absolute Gasteiger partial charge is 0.262 e. The summed E-state index contributed by atoms with van der Waals surface area (Å²) >= 11 is 1.60. The van der Waals surface area contributed by atoms with Crippen LogP contribution in [0, 0.1) is 27.7 Å². The number of hydrogen-bond donors (Lipinski definition) is 0. The van der Waals surface area contributed by atoms with Gasteiger partial charge >= 0.3 is 0 Å². The molecule has 0 spiro atoms. The highest BCUT2D eigenvalue weighted by Crippen LogP contribution is 2.26. The summed E-state index contributed by atoms with van der Waals surface area (Å²) in [6, 6.07) is 8.03. The van der Waals surface area contributed by atoms with E-state index < -0.39 is 0 Å². The summed E-state index contributed by atoms with van der Waals surface area (Å²) in [6.45, 7) is 9.35. The molecule has 0 aliphatic heterocycles. The third-order valence-corrected chi connectivity index (χ3v) is 5.71. The van der Waals surface area contributed by atoms with Crippen molar-refractivity contribution in [2.75, 3.05) is 6.61 Å². The number of para-hydroxylation sites is 1. The molecule has 2 aromatic heterocycles. The number of nitrogens with zero attached hydrogens (tertiary/aromatic N) is 2. The topological polar surface area (TPSA) is 44.1 Å². The molecule has 0 N–H and O–H groups in total. The van der Waals surface area contributed by atoms with Gasteiger partial charge in [0.1, 0.15) is 16.4 Å². The second kappa shape index (κ2) is 7.40. The maximum atomic E-state index is 12.8. The first kappa shape index (κ1) is 17.7. The van der Waals surface area contributed by atoms with Crippen molar-refractivity contribution in [2.24, 2.45) is 0 Å². The van der Waals surface area contributed by atoms with Crippen LogP contribution in [0.2, 0.25) is 0 Å². The van der Waals surface area contributed by atoms with Gasteiger partial charge in [-0.1, -0.05) is 18.2 Å². The molecule has 0 atom stereocenters. The predicted molar refractivity (Wildman–Crippen MR) is 104 cm³/mol. The van der Waals surface area contributed by atoms with Gasteiger partial charge in [-0.15, -0.1) is 11.3 Å². The summed E-state index contributed by atoms with van der Waals surface area (Å²) < 4.78 is 7.63. The number of aromatic nitrogens is 2. The Labute approximate surface area is 152 Å². The average molecular weight is 356 g/mol. The minimum absolute atomic E-state index is 0.0872. The predicted octanol–water partition coefficient (Wildman–Crippen LogP) is 4.55. The van der Waals surface area contributed by atoms with Crippen molar-refractivity contribution in [3.05, 3.63) is 56.4 Å². The summed E-state index contributed by atoms with van der Waals surface area (Å²) in [5.41, 5.74) is 2.30. The lowest BCUT2D eigenvalue weighted by atomic mass is 10.2. The number of ether oxygens (including phenoxy) is 1. The lowest BCUT2D eigenvalue weighted by Crippen LogP contribution is -2.24. The number of aryl methyl sites for hydroxylation is 4. The second-order valence-corrected chi connectivity index (χ2v) is 7.60. The summed E-state index contributed by atoms with van der Waals surface area (Å²) in [5, 5.41) is 0.782. The molecule has 0 bridgehead atoms. The van der Waals surface area contributed by atoms with Crippen molar-refractivity contribution in [1.82, 2.24) is 9.55 Å². The van der Waals surface area contributed by atoms with E-state index in [0.29, 0.717) is 13.2 Å². The molecule has 0 aliphatic carbocycles. The Morgan fingerprint density at radius 1 is 1.12 bits per heavy atom. The fourth-order valence-corrected chi connectivity index (χ4v) is 4.03. The number of benzene rings is 1. The van der Waals surface area contributed by atoms with Gasteiger partial charge < -0.3 is 4.74 Å². The van der Waals surface area contributed by atoms with E-state index in [9.17, 15) is 4.79 Å². The number of unbranched alkanes of at least 4 members (excludes halogenated alkanes) is 1. The minimum atomic E-state index is 0.0872. The zero-order chi connectivity index (χ0) is 18.0. The number of hydrogen-bond acceptors (Lipinski definition) is 4. The molecule has 5 heteroatoms. The standard InChI is InChI=1S/C20H24N2O2S/c1-13-9-5-6-10-17(13)24-12-8-7-11-22-16(4)21-19-18(20(22)23)14(2)15(3)25-19/h5-6,9-10H,7-8,11-12H2,1-4H3. The third-order valence-electron chi connectivity index (χ3n) is 4.61. The normalized spacial score (nSPS) is 11.2. The molecule has 0 saturated carbocycles. The molecular weight excluding hydrogens is 332 g/mol. The van der Waals surface area contributed by atoms with Gasteiger partial charge in [-0.25, -0.2) is 4.98 Å². The van der Waals surface area contributed by atoms with E-state index in [4.69, 9.17) is 4.74 Å². The molecular formula is C20H24N2O2S.